The number of hydrogen-bond donors (Lipinski definition) is 8. The van der Waals surface area contributed by atoms with Crippen LogP contribution in [0, 0.1) is 0 Å². The second-order valence-corrected chi connectivity index (χ2v) is 10.5. The maximum absolute atomic E-state index is 10.9. The number of phenols is 8. The molecule has 0 fully saturated rings. The van der Waals surface area contributed by atoms with Crippen LogP contribution in [0.1, 0.15) is 47.2 Å². The van der Waals surface area contributed by atoms with E-state index in [4.69, 9.17) is 0 Å². The van der Waals surface area contributed by atoms with Gasteiger partial charge in [-0.15, -0.1) is 0 Å². The molecule has 5 aromatic carbocycles. The number of aromatic hydroxyl groups is 8. The van der Waals surface area contributed by atoms with Gasteiger partial charge in [0.25, 0.3) is 0 Å². The van der Waals surface area contributed by atoms with Crippen molar-refractivity contribution >= 4 is 0 Å². The van der Waals surface area contributed by atoms with Gasteiger partial charge in [0.15, 0.2) is 46.0 Å². The average molecular weight is 567 g/mol. The zero-order valence-electron chi connectivity index (χ0n) is 22.8. The number of para-hydroxylation sites is 4. The van der Waals surface area contributed by atoms with E-state index in [2.05, 4.69) is 0 Å². The first kappa shape index (κ1) is 28.0. The molecule has 0 unspecified atom stereocenters. The molecule has 5 aromatic rings. The maximum atomic E-state index is 10.9. The molecule has 42 heavy (non-hydrogen) atoms. The van der Waals surface area contributed by atoms with Crippen molar-refractivity contribution in [3.8, 4) is 46.0 Å². The van der Waals surface area contributed by atoms with Crippen LogP contribution in [-0.2, 0) is 10.8 Å². The first-order valence-electron chi connectivity index (χ1n) is 13.1. The Labute approximate surface area is 241 Å². The van der Waals surface area contributed by atoms with Crippen molar-refractivity contribution < 1.29 is 40.9 Å². The van der Waals surface area contributed by atoms with E-state index in [1.165, 1.54) is 24.3 Å². The zero-order valence-corrected chi connectivity index (χ0v) is 22.8. The molecule has 0 aliphatic heterocycles. The molecule has 214 valence electrons. The Morgan fingerprint density at radius 3 is 0.762 bits per heavy atom. The highest BCUT2D eigenvalue weighted by Crippen LogP contribution is 2.52. The van der Waals surface area contributed by atoms with Crippen molar-refractivity contribution in [2.45, 2.75) is 24.7 Å². The Hall–Kier alpha value is -5.50. The molecule has 0 aliphatic rings. The molecule has 8 heteroatoms. The third kappa shape index (κ3) is 4.16. The average Bonchev–Trinajstić information content (AvgIpc) is 2.98. The summed E-state index contributed by atoms with van der Waals surface area (Å²) in [4.78, 5) is 0. The molecule has 0 aromatic heterocycles. The highest BCUT2D eigenvalue weighted by Gasteiger charge is 2.40. The Morgan fingerprint density at radius 2 is 0.548 bits per heavy atom. The van der Waals surface area contributed by atoms with Gasteiger partial charge < -0.3 is 40.9 Å². The predicted octanol–water partition coefficient (Wildman–Crippen LogP) is 6.04. The van der Waals surface area contributed by atoms with E-state index in [1.54, 1.807) is 86.6 Å². The van der Waals surface area contributed by atoms with Crippen molar-refractivity contribution in [3.63, 3.8) is 0 Å². The van der Waals surface area contributed by atoms with Crippen LogP contribution in [-0.4, -0.2) is 40.9 Å². The lowest BCUT2D eigenvalue weighted by Gasteiger charge is -2.35. The van der Waals surface area contributed by atoms with E-state index < -0.39 is 33.8 Å². The Morgan fingerprint density at radius 1 is 0.333 bits per heavy atom. The summed E-state index contributed by atoms with van der Waals surface area (Å²) < 4.78 is 0. The van der Waals surface area contributed by atoms with Crippen molar-refractivity contribution in [2.75, 3.05) is 0 Å². The maximum Gasteiger partial charge on any atom is 0.161 e. The fraction of sp³-hybridized carbons (Fsp3) is 0.118. The summed E-state index contributed by atoms with van der Waals surface area (Å²) >= 11 is 0. The standard InChI is InChI=1S/C34H30O8/c1-33(21-7-3-11-25(35)29(21)39,22-8-4-12-26(36)30(22)40)19-15-17-20(18-16-19)34(2,23-9-5-13-27(37)31(23)41)24-10-6-14-28(38)32(24)42/h3-18,35-42H,1-2H3. The van der Waals surface area contributed by atoms with Gasteiger partial charge in [-0.25, -0.2) is 0 Å². The van der Waals surface area contributed by atoms with Gasteiger partial charge in [-0.2, -0.15) is 0 Å². The Kier molecular flexibility index (Phi) is 6.78. The Balaban J connectivity index is 1.78. The third-order valence-electron chi connectivity index (χ3n) is 8.25. The minimum Gasteiger partial charge on any atom is -0.504 e. The molecule has 8 N–H and O–H groups in total. The summed E-state index contributed by atoms with van der Waals surface area (Å²) in [6, 6.07) is 24.9. The summed E-state index contributed by atoms with van der Waals surface area (Å²) in [6.07, 6.45) is 0. The van der Waals surface area contributed by atoms with Gasteiger partial charge >= 0.3 is 0 Å². The van der Waals surface area contributed by atoms with Crippen LogP contribution in [0.4, 0.5) is 0 Å². The third-order valence-corrected chi connectivity index (χ3v) is 8.25. The van der Waals surface area contributed by atoms with Crippen molar-refractivity contribution in [2.24, 2.45) is 0 Å². The van der Waals surface area contributed by atoms with E-state index in [0.29, 0.717) is 11.1 Å². The summed E-state index contributed by atoms with van der Waals surface area (Å²) in [7, 11) is 0. The van der Waals surface area contributed by atoms with Crippen LogP contribution in [0.2, 0.25) is 0 Å². The molecule has 5 rings (SSSR count). The topological polar surface area (TPSA) is 162 Å². The molecule has 0 heterocycles. The summed E-state index contributed by atoms with van der Waals surface area (Å²) in [5.74, 6) is -3.03. The monoisotopic (exact) mass is 566 g/mol. The van der Waals surface area contributed by atoms with Crippen molar-refractivity contribution in [1.29, 1.82) is 0 Å². The van der Waals surface area contributed by atoms with Gasteiger partial charge in [0.05, 0.1) is 0 Å². The summed E-state index contributed by atoms with van der Waals surface area (Å²) in [6.45, 7) is 3.46. The van der Waals surface area contributed by atoms with Crippen LogP contribution in [0.15, 0.2) is 97.1 Å². The van der Waals surface area contributed by atoms with Crippen molar-refractivity contribution in [1.82, 2.24) is 0 Å². The number of rotatable bonds is 6. The largest absolute Gasteiger partial charge is 0.504 e. The molecule has 0 radical (unpaired) electrons. The minimum atomic E-state index is -1.29. The van der Waals surface area contributed by atoms with E-state index in [-0.39, 0.29) is 45.3 Å². The fourth-order valence-electron chi connectivity index (χ4n) is 5.79. The predicted molar refractivity (Wildman–Crippen MR) is 157 cm³/mol. The summed E-state index contributed by atoms with van der Waals surface area (Å²) in [5, 5.41) is 85.0. The normalized spacial score (nSPS) is 11.9. The van der Waals surface area contributed by atoms with E-state index in [9.17, 15) is 40.9 Å². The first-order valence-corrected chi connectivity index (χ1v) is 13.1. The molecule has 0 saturated heterocycles. The van der Waals surface area contributed by atoms with Gasteiger partial charge in [0.1, 0.15) is 0 Å². The summed E-state index contributed by atoms with van der Waals surface area (Å²) in [5.41, 5.74) is -0.441. The van der Waals surface area contributed by atoms with Gasteiger partial charge in [-0.05, 0) is 49.2 Å². The number of hydrogen-bond acceptors (Lipinski definition) is 8. The highest BCUT2D eigenvalue weighted by atomic mass is 16.3. The van der Waals surface area contributed by atoms with Gasteiger partial charge in [-0.3, -0.25) is 0 Å². The SMILES string of the molecule is CC(c1ccc(C(C)(c2cccc(O)c2O)c2cccc(O)c2O)cc1)(c1cccc(O)c1O)c1cccc(O)c1O. The van der Waals surface area contributed by atoms with Crippen LogP contribution < -0.4 is 0 Å². The molecule has 0 aliphatic carbocycles. The molecular weight excluding hydrogens is 536 g/mol. The van der Waals surface area contributed by atoms with Crippen molar-refractivity contribution in [3.05, 3.63) is 130 Å². The molecule has 0 bridgehead atoms. The smallest absolute Gasteiger partial charge is 0.161 e. The Bertz CT molecular complexity index is 1560. The van der Waals surface area contributed by atoms with Crippen LogP contribution >= 0.6 is 0 Å². The van der Waals surface area contributed by atoms with Gasteiger partial charge in [0.2, 0.25) is 0 Å². The molecule has 8 nitrogen and oxygen atoms in total. The quantitative estimate of drug-likeness (QED) is 0.0911. The van der Waals surface area contributed by atoms with Gasteiger partial charge in [-0.1, -0.05) is 72.8 Å². The zero-order chi connectivity index (χ0) is 30.4. The van der Waals surface area contributed by atoms with E-state index >= 15 is 0 Å². The molecule has 0 atom stereocenters. The number of phenolic OH excluding ortho intramolecular Hbond substituents is 8. The fourth-order valence-corrected chi connectivity index (χ4v) is 5.79. The second-order valence-electron chi connectivity index (χ2n) is 10.5. The molecule has 0 spiro atoms. The minimum absolute atomic E-state index is 0.259. The van der Waals surface area contributed by atoms with Crippen LogP contribution in [0.5, 0.6) is 46.0 Å². The molecule has 0 saturated carbocycles. The molecular formula is C34H30O8. The molecule has 0 amide bonds. The first-order chi connectivity index (χ1) is 19.9. The van der Waals surface area contributed by atoms with Crippen LogP contribution in [0.3, 0.4) is 0 Å². The van der Waals surface area contributed by atoms with Gasteiger partial charge in [0, 0.05) is 33.1 Å². The lowest BCUT2D eigenvalue weighted by atomic mass is 9.67. The highest BCUT2D eigenvalue weighted by molar-refractivity contribution is 5.65. The van der Waals surface area contributed by atoms with Crippen LogP contribution in [0.25, 0.3) is 0 Å². The lowest BCUT2D eigenvalue weighted by Crippen LogP contribution is -2.28. The van der Waals surface area contributed by atoms with E-state index in [0.717, 1.165) is 0 Å². The number of benzene rings is 5. The lowest BCUT2D eigenvalue weighted by molar-refractivity contribution is 0.383. The van der Waals surface area contributed by atoms with E-state index in [1.807, 2.05) is 0 Å². The second kappa shape index (κ2) is 10.2.